The van der Waals surface area contributed by atoms with E-state index in [1.54, 1.807) is 14.8 Å². The van der Waals surface area contributed by atoms with E-state index in [2.05, 4.69) is 9.46 Å². The molecule has 0 atom stereocenters. The van der Waals surface area contributed by atoms with Gasteiger partial charge in [-0.25, -0.2) is 0 Å². The van der Waals surface area contributed by atoms with Gasteiger partial charge in [-0.15, -0.1) is 0 Å². The summed E-state index contributed by atoms with van der Waals surface area (Å²) in [7, 11) is 6.14. The first-order chi connectivity index (χ1) is 3.39. The minimum absolute atomic E-state index is 0.950. The van der Waals surface area contributed by atoms with Crippen molar-refractivity contribution in [3.05, 3.63) is 0 Å². The fourth-order valence-electron chi connectivity index (χ4n) is 0.284. The van der Waals surface area contributed by atoms with Gasteiger partial charge in [0.25, 0.3) is 0 Å². The Balaban J connectivity index is 2.49. The Morgan fingerprint density at radius 3 is 2.86 bits per heavy atom. The molecule has 0 aromatic heterocycles. The summed E-state index contributed by atoms with van der Waals surface area (Å²) in [6.45, 7) is 0. The molecule has 0 bridgehead atoms. The van der Waals surface area contributed by atoms with Crippen LogP contribution in [0.3, 0.4) is 0 Å². The Morgan fingerprint density at radius 1 is 1.71 bits per heavy atom. The molecule has 0 saturated heterocycles. The number of nitrogens with zero attached hydrogens (tertiary/aromatic N) is 3. The predicted molar refractivity (Wildman–Crippen MR) is 31.0 cm³/mol. The molecule has 1 aliphatic heterocycles. The second-order valence-corrected chi connectivity index (χ2v) is 2.20. The van der Waals surface area contributed by atoms with Gasteiger partial charge < -0.3 is 0 Å². The molecule has 0 aromatic rings. The van der Waals surface area contributed by atoms with E-state index < -0.39 is 0 Å². The molecule has 0 unspecified atom stereocenters. The Bertz CT molecular complexity index is 112. The van der Waals surface area contributed by atoms with Crippen molar-refractivity contribution < 1.29 is 0 Å². The van der Waals surface area contributed by atoms with E-state index in [0.29, 0.717) is 0 Å². The van der Waals surface area contributed by atoms with Crippen LogP contribution in [0.4, 0.5) is 0 Å². The average molecular weight is 110 g/mol. The summed E-state index contributed by atoms with van der Waals surface area (Å²) in [5, 5.41) is 0. The molecule has 1 rings (SSSR count). The van der Waals surface area contributed by atoms with E-state index in [1.807, 2.05) is 11.6 Å². The molecule has 0 fully saturated rings. The zero-order valence-electron chi connectivity index (χ0n) is 3.94. The van der Waals surface area contributed by atoms with Crippen molar-refractivity contribution in [2.75, 3.05) is 7.05 Å². The maximum absolute atomic E-state index is 3.83. The summed E-state index contributed by atoms with van der Waals surface area (Å²) < 4.78 is 5.71. The molecule has 33 valence electrons. The molecule has 1 aliphatic rings. The number of rotatable bonds is 0. The first-order valence-corrected chi connectivity index (χ1v) is 2.68. The summed E-state index contributed by atoms with van der Waals surface area (Å²) in [6.07, 6.45) is 0. The molecule has 0 amide bonds. The molecule has 0 aliphatic carbocycles. The number of hydrogen-bond acceptors (Lipinski definition) is 3. The summed E-state index contributed by atoms with van der Waals surface area (Å²) >= 11 is 0. The van der Waals surface area contributed by atoms with Crippen LogP contribution < -0.4 is 0 Å². The standard InChI is InChI=1S/CH3B2N3P/c1-6-3-4-2-5-7-6/h1H3. The van der Waals surface area contributed by atoms with Crippen molar-refractivity contribution >= 4 is 23.3 Å². The molecule has 0 aromatic carbocycles. The average Bonchev–Trinajstić information content (AvgIpc) is 1.69. The number of hydrogen-bond donors (Lipinski definition) is 0. The van der Waals surface area contributed by atoms with Crippen LogP contribution in [0.15, 0.2) is 9.46 Å². The second kappa shape index (κ2) is 2.34. The van der Waals surface area contributed by atoms with E-state index in [-0.39, 0.29) is 0 Å². The van der Waals surface area contributed by atoms with E-state index in [1.165, 1.54) is 0 Å². The summed E-state index contributed by atoms with van der Waals surface area (Å²) in [5.74, 6) is 0. The maximum atomic E-state index is 3.83. The van der Waals surface area contributed by atoms with Crippen LogP contribution in [0.5, 0.6) is 0 Å². The van der Waals surface area contributed by atoms with Gasteiger partial charge in [-0.1, -0.05) is 0 Å². The van der Waals surface area contributed by atoms with Crippen molar-refractivity contribution in [3.8, 4) is 0 Å². The normalized spacial score (nSPS) is 20.7. The van der Waals surface area contributed by atoms with Crippen molar-refractivity contribution in [1.82, 2.24) is 4.58 Å². The van der Waals surface area contributed by atoms with E-state index >= 15 is 0 Å². The zero-order chi connectivity index (χ0) is 5.11. The van der Waals surface area contributed by atoms with E-state index in [0.717, 1.165) is 8.52 Å². The van der Waals surface area contributed by atoms with Crippen LogP contribution in [0, 0.1) is 0 Å². The van der Waals surface area contributed by atoms with Crippen LogP contribution in [0.1, 0.15) is 0 Å². The third kappa shape index (κ3) is 1.49. The molecule has 0 saturated carbocycles. The summed E-state index contributed by atoms with van der Waals surface area (Å²) in [5.41, 5.74) is 0. The zero-order valence-corrected chi connectivity index (χ0v) is 4.84. The monoisotopic (exact) mass is 110 g/mol. The van der Waals surface area contributed by atoms with Crippen molar-refractivity contribution in [2.45, 2.75) is 0 Å². The molecule has 0 N–H and O–H groups in total. The third-order valence-corrected chi connectivity index (χ3v) is 1.14. The van der Waals surface area contributed by atoms with Gasteiger partial charge in [0.15, 0.2) is 0 Å². The first kappa shape index (κ1) is 5.13. The van der Waals surface area contributed by atoms with Crippen LogP contribution in [0.25, 0.3) is 0 Å². The summed E-state index contributed by atoms with van der Waals surface area (Å²) in [4.78, 5) is 3.76. The Labute approximate surface area is 45.3 Å². The van der Waals surface area contributed by atoms with E-state index in [4.69, 9.17) is 0 Å². The molecule has 6 heteroatoms. The topological polar surface area (TPSA) is 28.0 Å². The van der Waals surface area contributed by atoms with Crippen molar-refractivity contribution in [3.63, 3.8) is 0 Å². The van der Waals surface area contributed by atoms with Crippen molar-refractivity contribution in [1.29, 1.82) is 0 Å². The Hall–Kier alpha value is -0.0101. The van der Waals surface area contributed by atoms with Gasteiger partial charge in [-0.05, 0) is 0 Å². The predicted octanol–water partition coefficient (Wildman–Crippen LogP) is 0.314. The van der Waals surface area contributed by atoms with Gasteiger partial charge in [0, 0.05) is 0 Å². The van der Waals surface area contributed by atoms with Crippen LogP contribution >= 0.6 is 8.52 Å². The van der Waals surface area contributed by atoms with E-state index in [9.17, 15) is 0 Å². The van der Waals surface area contributed by atoms with Crippen LogP contribution in [-0.4, -0.2) is 26.4 Å². The van der Waals surface area contributed by atoms with Gasteiger partial charge in [0.05, 0.1) is 0 Å². The van der Waals surface area contributed by atoms with Gasteiger partial charge in [-0.3, -0.25) is 0 Å². The van der Waals surface area contributed by atoms with Gasteiger partial charge in [-0.2, -0.15) is 0 Å². The second-order valence-electron chi connectivity index (χ2n) is 1.16. The van der Waals surface area contributed by atoms with Crippen LogP contribution in [0.2, 0.25) is 0 Å². The van der Waals surface area contributed by atoms with Crippen molar-refractivity contribution in [2.24, 2.45) is 9.46 Å². The Morgan fingerprint density at radius 2 is 2.57 bits per heavy atom. The molecule has 7 heavy (non-hydrogen) atoms. The van der Waals surface area contributed by atoms with Gasteiger partial charge in [0.1, 0.15) is 0 Å². The first-order valence-electron chi connectivity index (χ1n) is 1.88. The molecule has 0 spiro atoms. The third-order valence-electron chi connectivity index (χ3n) is 0.545. The Kier molecular flexibility index (Phi) is 1.71. The summed E-state index contributed by atoms with van der Waals surface area (Å²) in [6, 6.07) is 0. The van der Waals surface area contributed by atoms with Crippen LogP contribution in [-0.2, 0) is 0 Å². The van der Waals surface area contributed by atoms with Gasteiger partial charge >= 0.3 is 44.4 Å². The fourth-order valence-corrected chi connectivity index (χ4v) is 0.658. The quantitative estimate of drug-likeness (QED) is 0.325. The molecular weight excluding hydrogens is 107 g/mol. The van der Waals surface area contributed by atoms with Gasteiger partial charge in [0.2, 0.25) is 0 Å². The minimum atomic E-state index is 0.950. The SMILES string of the molecule is CN1[B]N=BN=P1. The molecular formula is CH3B2N3P. The molecule has 1 heterocycles. The fraction of sp³-hybridized carbons (Fsp3) is 1.00. The molecule has 3 nitrogen and oxygen atoms in total. The molecule has 1 radical (unpaired) electrons.